The molecule has 6 heteroatoms. The predicted molar refractivity (Wildman–Crippen MR) is 95.7 cm³/mol. The van der Waals surface area contributed by atoms with E-state index in [-0.39, 0.29) is 11.9 Å². The quantitative estimate of drug-likeness (QED) is 0.855. The number of carbonyl (C=O) groups excluding carboxylic acids is 2. The monoisotopic (exact) mass is 341 g/mol. The largest absolute Gasteiger partial charge is 0.343 e. The van der Waals surface area contributed by atoms with Crippen molar-refractivity contribution in [3.63, 3.8) is 0 Å². The minimum atomic E-state index is 0.0774. The summed E-state index contributed by atoms with van der Waals surface area (Å²) < 4.78 is 0. The van der Waals surface area contributed by atoms with Gasteiger partial charge in [-0.05, 0) is 37.4 Å². The van der Waals surface area contributed by atoms with E-state index in [1.165, 1.54) is 12.8 Å². The highest BCUT2D eigenvalue weighted by molar-refractivity contribution is 7.99. The second kappa shape index (κ2) is 9.40. The summed E-state index contributed by atoms with van der Waals surface area (Å²) in [5.41, 5.74) is 0. The van der Waals surface area contributed by atoms with Crippen LogP contribution in [0.2, 0.25) is 0 Å². The number of carbonyl (C=O) groups is 2. The maximum Gasteiger partial charge on any atom is 0.317 e. The van der Waals surface area contributed by atoms with Crippen LogP contribution in [0, 0.1) is 5.92 Å². The van der Waals surface area contributed by atoms with Gasteiger partial charge in [0, 0.05) is 44.9 Å². The molecule has 0 bridgehead atoms. The number of rotatable bonds is 4. The summed E-state index contributed by atoms with van der Waals surface area (Å²) in [4.78, 5) is 27.9. The van der Waals surface area contributed by atoms with Gasteiger partial charge in [0.1, 0.15) is 0 Å². The van der Waals surface area contributed by atoms with E-state index in [0.29, 0.717) is 17.7 Å². The van der Waals surface area contributed by atoms with Gasteiger partial charge < -0.3 is 15.1 Å². The summed E-state index contributed by atoms with van der Waals surface area (Å²) >= 11 is 1.97. The zero-order valence-corrected chi connectivity index (χ0v) is 15.4. The molecule has 0 radical (unpaired) electrons. The standard InChI is InChI=1S/C17H31N3O2S/c1-3-23-16-8-4-5-9-20(13-16)17(22)18-11-15-7-6-10-19(12-15)14(2)21/h15-16H,3-13H2,1-2H3,(H,18,22). The molecule has 0 saturated carbocycles. The van der Waals surface area contributed by atoms with Crippen LogP contribution in [0.5, 0.6) is 0 Å². The third-order valence-corrected chi connectivity index (χ3v) is 6.01. The molecule has 2 aliphatic rings. The Balaban J connectivity index is 1.77. The molecule has 2 atom stereocenters. The van der Waals surface area contributed by atoms with Crippen LogP contribution in [-0.2, 0) is 4.79 Å². The van der Waals surface area contributed by atoms with Gasteiger partial charge in [-0.15, -0.1) is 0 Å². The molecule has 1 N–H and O–H groups in total. The summed E-state index contributed by atoms with van der Waals surface area (Å²) in [5.74, 6) is 1.65. The van der Waals surface area contributed by atoms with Crippen LogP contribution in [0.4, 0.5) is 4.79 Å². The van der Waals surface area contributed by atoms with Crippen LogP contribution in [0.1, 0.15) is 46.0 Å². The smallest absolute Gasteiger partial charge is 0.317 e. The van der Waals surface area contributed by atoms with Gasteiger partial charge in [0.2, 0.25) is 5.91 Å². The Kier molecular flexibility index (Phi) is 7.53. The summed E-state index contributed by atoms with van der Waals surface area (Å²) in [6, 6.07) is 0.0774. The lowest BCUT2D eigenvalue weighted by atomic mass is 9.98. The van der Waals surface area contributed by atoms with Gasteiger partial charge in [0.05, 0.1) is 0 Å². The molecular weight excluding hydrogens is 310 g/mol. The van der Waals surface area contributed by atoms with E-state index in [0.717, 1.165) is 51.2 Å². The van der Waals surface area contributed by atoms with Crippen LogP contribution < -0.4 is 5.32 Å². The van der Waals surface area contributed by atoms with E-state index < -0.39 is 0 Å². The number of urea groups is 1. The van der Waals surface area contributed by atoms with Crippen molar-refractivity contribution in [3.05, 3.63) is 0 Å². The summed E-state index contributed by atoms with van der Waals surface area (Å²) in [6.45, 7) is 7.88. The van der Waals surface area contributed by atoms with E-state index in [9.17, 15) is 9.59 Å². The molecule has 23 heavy (non-hydrogen) atoms. The lowest BCUT2D eigenvalue weighted by Crippen LogP contribution is -2.47. The van der Waals surface area contributed by atoms with E-state index >= 15 is 0 Å². The zero-order chi connectivity index (χ0) is 16.7. The number of likely N-dealkylation sites (tertiary alicyclic amines) is 2. The molecule has 5 nitrogen and oxygen atoms in total. The Morgan fingerprint density at radius 1 is 1.09 bits per heavy atom. The average molecular weight is 342 g/mol. The van der Waals surface area contributed by atoms with Gasteiger partial charge in [0.25, 0.3) is 0 Å². The van der Waals surface area contributed by atoms with Crippen molar-refractivity contribution in [2.24, 2.45) is 5.92 Å². The summed E-state index contributed by atoms with van der Waals surface area (Å²) in [7, 11) is 0. The van der Waals surface area contributed by atoms with E-state index in [1.54, 1.807) is 6.92 Å². The number of nitrogens with zero attached hydrogens (tertiary/aromatic N) is 2. The number of hydrogen-bond donors (Lipinski definition) is 1. The SMILES string of the molecule is CCSC1CCCCN(C(=O)NCC2CCCN(C(C)=O)C2)C1. The number of thioether (sulfide) groups is 1. The van der Waals surface area contributed by atoms with Crippen molar-refractivity contribution in [3.8, 4) is 0 Å². The lowest BCUT2D eigenvalue weighted by molar-refractivity contribution is -0.130. The molecule has 2 fully saturated rings. The fourth-order valence-electron chi connectivity index (χ4n) is 3.52. The minimum absolute atomic E-state index is 0.0774. The molecule has 2 heterocycles. The molecule has 2 rings (SSSR count). The third kappa shape index (κ3) is 5.90. The first kappa shape index (κ1) is 18.4. The molecule has 3 amide bonds. The van der Waals surface area contributed by atoms with Crippen LogP contribution in [0.3, 0.4) is 0 Å². The third-order valence-electron chi connectivity index (χ3n) is 4.82. The van der Waals surface area contributed by atoms with Crippen LogP contribution in [-0.4, -0.2) is 65.5 Å². The molecule has 0 aromatic heterocycles. The molecule has 2 unspecified atom stereocenters. The number of piperidine rings is 1. The topological polar surface area (TPSA) is 52.7 Å². The van der Waals surface area contributed by atoms with Crippen LogP contribution in [0.25, 0.3) is 0 Å². The first-order chi connectivity index (χ1) is 11.1. The van der Waals surface area contributed by atoms with Crippen molar-refractivity contribution in [1.29, 1.82) is 0 Å². The highest BCUT2D eigenvalue weighted by Crippen LogP contribution is 2.22. The van der Waals surface area contributed by atoms with Crippen LogP contribution in [0.15, 0.2) is 0 Å². The zero-order valence-electron chi connectivity index (χ0n) is 14.6. The minimum Gasteiger partial charge on any atom is -0.343 e. The second-order valence-electron chi connectivity index (χ2n) is 6.68. The molecule has 0 spiro atoms. The summed E-state index contributed by atoms with van der Waals surface area (Å²) in [5, 5.41) is 3.69. The average Bonchev–Trinajstić information content (AvgIpc) is 2.79. The maximum atomic E-state index is 12.5. The first-order valence-electron chi connectivity index (χ1n) is 9.00. The van der Waals surface area contributed by atoms with Gasteiger partial charge in [-0.1, -0.05) is 13.3 Å². The lowest BCUT2D eigenvalue weighted by Gasteiger charge is -2.33. The Morgan fingerprint density at radius 2 is 1.87 bits per heavy atom. The fourth-order valence-corrected chi connectivity index (χ4v) is 4.61. The number of hydrogen-bond acceptors (Lipinski definition) is 3. The van der Waals surface area contributed by atoms with E-state index in [4.69, 9.17) is 0 Å². The van der Waals surface area contributed by atoms with Crippen molar-refractivity contribution < 1.29 is 9.59 Å². The van der Waals surface area contributed by atoms with Gasteiger partial charge >= 0.3 is 6.03 Å². The molecule has 2 saturated heterocycles. The van der Waals surface area contributed by atoms with Crippen LogP contribution >= 0.6 is 11.8 Å². The second-order valence-corrected chi connectivity index (χ2v) is 8.26. The van der Waals surface area contributed by atoms with E-state index in [1.807, 2.05) is 21.6 Å². The number of amides is 3. The Labute approximate surface area is 144 Å². The Bertz CT molecular complexity index is 405. The van der Waals surface area contributed by atoms with Crippen molar-refractivity contribution in [2.75, 3.05) is 38.5 Å². The predicted octanol–water partition coefficient (Wildman–Crippen LogP) is 2.56. The fraction of sp³-hybridized carbons (Fsp3) is 0.882. The number of nitrogens with one attached hydrogen (secondary N) is 1. The normalized spacial score (nSPS) is 25.8. The molecule has 2 aliphatic heterocycles. The Morgan fingerprint density at radius 3 is 2.61 bits per heavy atom. The van der Waals surface area contributed by atoms with Gasteiger partial charge in [-0.25, -0.2) is 4.79 Å². The van der Waals surface area contributed by atoms with Crippen molar-refractivity contribution in [2.45, 2.75) is 51.2 Å². The maximum absolute atomic E-state index is 12.5. The van der Waals surface area contributed by atoms with Crippen molar-refractivity contribution in [1.82, 2.24) is 15.1 Å². The summed E-state index contributed by atoms with van der Waals surface area (Å²) in [6.07, 6.45) is 5.68. The molecule has 0 aromatic carbocycles. The molecule has 0 aromatic rings. The highest BCUT2D eigenvalue weighted by atomic mass is 32.2. The molecule has 132 valence electrons. The Hall–Kier alpha value is -0.910. The van der Waals surface area contributed by atoms with Crippen molar-refractivity contribution >= 4 is 23.7 Å². The van der Waals surface area contributed by atoms with E-state index in [2.05, 4.69) is 12.2 Å². The van der Waals surface area contributed by atoms with Gasteiger partial charge in [-0.3, -0.25) is 4.79 Å². The highest BCUT2D eigenvalue weighted by Gasteiger charge is 2.25. The van der Waals surface area contributed by atoms with Gasteiger partial charge in [-0.2, -0.15) is 11.8 Å². The molecular formula is C17H31N3O2S. The molecule has 0 aliphatic carbocycles. The van der Waals surface area contributed by atoms with Gasteiger partial charge in [0.15, 0.2) is 0 Å². The first-order valence-corrected chi connectivity index (χ1v) is 10.0.